The molecule has 190 valence electrons. The molecule has 1 N–H and O–H groups in total. The predicted octanol–water partition coefficient (Wildman–Crippen LogP) is 4.78. The number of nitrogens with zero attached hydrogens (tertiary/aromatic N) is 4. The van der Waals surface area contributed by atoms with E-state index in [1.165, 1.54) is 34.9 Å². The van der Waals surface area contributed by atoms with Gasteiger partial charge in [0.25, 0.3) is 5.91 Å². The molecule has 1 aliphatic rings. The van der Waals surface area contributed by atoms with Crippen LogP contribution in [0.4, 0.5) is 19.3 Å². The first-order chi connectivity index (χ1) is 17.0. The molecule has 0 fully saturated rings. The van der Waals surface area contributed by atoms with Crippen LogP contribution >= 0.6 is 11.8 Å². The molecule has 3 aromatic rings. The Balaban J connectivity index is 1.73. The molecule has 36 heavy (non-hydrogen) atoms. The Kier molecular flexibility index (Phi) is 7.30. The Morgan fingerprint density at radius 1 is 1.22 bits per heavy atom. The quantitative estimate of drug-likeness (QED) is 0.526. The maximum absolute atomic E-state index is 15.2. The first-order valence-electron chi connectivity index (χ1n) is 11.5. The van der Waals surface area contributed by atoms with E-state index < -0.39 is 35.3 Å². The molecular weight excluding hydrogens is 488 g/mol. The standard InChI is InChI=1S/C25H27F2N5O3S/c1-5-31-13-19(29-30-31)17-10-21-22(11-18(17)27)36-14-20(28-24(34)35-25(2,3)4)23(33)32(21)12-15-6-8-16(26)9-7-15/h6-11,13,20H,5,12,14H2,1-4H3,(H,28,34)/t20-/m0/s1. The van der Waals surface area contributed by atoms with Crippen LogP contribution in [-0.4, -0.2) is 44.4 Å². The fourth-order valence-corrected chi connectivity index (χ4v) is 4.76. The number of amides is 2. The average molecular weight is 516 g/mol. The number of nitrogens with one attached hydrogen (secondary N) is 1. The first-order valence-corrected chi connectivity index (χ1v) is 12.4. The van der Waals surface area contributed by atoms with Crippen molar-refractivity contribution in [2.24, 2.45) is 0 Å². The number of benzene rings is 2. The number of carbonyl (C=O) groups excluding carboxylic acids is 2. The summed E-state index contributed by atoms with van der Waals surface area (Å²) in [6.45, 7) is 7.74. The third-order valence-electron chi connectivity index (χ3n) is 5.39. The van der Waals surface area contributed by atoms with Crippen LogP contribution < -0.4 is 10.2 Å². The first kappa shape index (κ1) is 25.6. The third-order valence-corrected chi connectivity index (χ3v) is 6.53. The Hall–Kier alpha value is -3.47. The minimum absolute atomic E-state index is 0.0892. The molecule has 0 saturated carbocycles. The number of carbonyl (C=O) groups is 2. The van der Waals surface area contributed by atoms with Gasteiger partial charge in [-0.3, -0.25) is 9.48 Å². The molecule has 0 saturated heterocycles. The molecule has 2 heterocycles. The lowest BCUT2D eigenvalue weighted by atomic mass is 10.1. The lowest BCUT2D eigenvalue weighted by molar-refractivity contribution is -0.120. The summed E-state index contributed by atoms with van der Waals surface area (Å²) in [4.78, 5) is 28.2. The van der Waals surface area contributed by atoms with Crippen LogP contribution in [0.25, 0.3) is 11.3 Å². The van der Waals surface area contributed by atoms with Gasteiger partial charge in [-0.2, -0.15) is 0 Å². The van der Waals surface area contributed by atoms with E-state index in [2.05, 4.69) is 15.6 Å². The molecule has 2 amide bonds. The molecule has 0 spiro atoms. The monoisotopic (exact) mass is 515 g/mol. The number of aromatic nitrogens is 3. The molecule has 4 rings (SSSR count). The van der Waals surface area contributed by atoms with Crippen molar-refractivity contribution in [1.29, 1.82) is 0 Å². The van der Waals surface area contributed by atoms with Crippen LogP contribution in [0.5, 0.6) is 0 Å². The van der Waals surface area contributed by atoms with Gasteiger partial charge in [-0.05, 0) is 57.5 Å². The largest absolute Gasteiger partial charge is 0.444 e. The smallest absolute Gasteiger partial charge is 0.408 e. The second-order valence-electron chi connectivity index (χ2n) is 9.32. The molecule has 0 unspecified atom stereocenters. The molecular formula is C25H27F2N5O3S. The number of fused-ring (bicyclic) bond motifs is 1. The Bertz CT molecular complexity index is 1270. The van der Waals surface area contributed by atoms with Crippen molar-refractivity contribution in [3.05, 3.63) is 59.8 Å². The summed E-state index contributed by atoms with van der Waals surface area (Å²) in [6, 6.07) is 7.78. The van der Waals surface area contributed by atoms with Crippen LogP contribution in [0.2, 0.25) is 0 Å². The van der Waals surface area contributed by atoms with Gasteiger partial charge in [-0.1, -0.05) is 17.3 Å². The molecule has 8 nitrogen and oxygen atoms in total. The minimum Gasteiger partial charge on any atom is -0.444 e. The summed E-state index contributed by atoms with van der Waals surface area (Å²) in [7, 11) is 0. The van der Waals surface area contributed by atoms with Crippen molar-refractivity contribution in [3.63, 3.8) is 0 Å². The maximum atomic E-state index is 15.2. The SMILES string of the molecule is CCn1cc(-c2cc3c(cc2F)SC[C@H](NC(=O)OC(C)(C)C)C(=O)N3Cc2ccc(F)cc2)nn1. The molecule has 1 aromatic heterocycles. The Labute approximate surface area is 212 Å². The molecule has 1 atom stereocenters. The van der Waals surface area contributed by atoms with Crippen LogP contribution in [-0.2, 0) is 22.6 Å². The molecule has 11 heteroatoms. The van der Waals surface area contributed by atoms with Gasteiger partial charge in [0.1, 0.15) is 29.0 Å². The van der Waals surface area contributed by atoms with Crippen molar-refractivity contribution in [1.82, 2.24) is 20.3 Å². The van der Waals surface area contributed by atoms with Gasteiger partial charge >= 0.3 is 6.09 Å². The van der Waals surface area contributed by atoms with Crippen molar-refractivity contribution >= 4 is 29.4 Å². The minimum atomic E-state index is -0.926. The van der Waals surface area contributed by atoms with E-state index in [1.54, 1.807) is 49.8 Å². The van der Waals surface area contributed by atoms with Crippen LogP contribution in [0.3, 0.4) is 0 Å². The summed E-state index contributed by atoms with van der Waals surface area (Å²) < 4.78 is 35.6. The van der Waals surface area contributed by atoms with Crippen molar-refractivity contribution in [3.8, 4) is 11.3 Å². The maximum Gasteiger partial charge on any atom is 0.408 e. The van der Waals surface area contributed by atoms with E-state index in [4.69, 9.17) is 4.74 Å². The zero-order chi connectivity index (χ0) is 26.0. The number of halogens is 2. The summed E-state index contributed by atoms with van der Waals surface area (Å²) in [5, 5.41) is 10.7. The van der Waals surface area contributed by atoms with E-state index >= 15 is 4.39 Å². The average Bonchev–Trinajstić information content (AvgIpc) is 3.25. The summed E-state index contributed by atoms with van der Waals surface area (Å²) in [5.74, 6) is -1.12. The number of ether oxygens (including phenoxy) is 1. The van der Waals surface area contributed by atoms with E-state index in [1.807, 2.05) is 6.92 Å². The fraction of sp³-hybridized carbons (Fsp3) is 0.360. The molecule has 0 radical (unpaired) electrons. The van der Waals surface area contributed by atoms with Crippen molar-refractivity contribution < 1.29 is 23.1 Å². The van der Waals surface area contributed by atoms with Crippen molar-refractivity contribution in [2.45, 2.75) is 57.3 Å². The van der Waals surface area contributed by atoms with Crippen LogP contribution in [0.1, 0.15) is 33.3 Å². The lowest BCUT2D eigenvalue weighted by Crippen LogP contribution is -2.50. The number of thioether (sulfide) groups is 1. The summed E-state index contributed by atoms with van der Waals surface area (Å²) in [5.41, 5.74) is 0.926. The normalized spacial score (nSPS) is 15.9. The van der Waals surface area contributed by atoms with Crippen molar-refractivity contribution in [2.75, 3.05) is 10.7 Å². The Morgan fingerprint density at radius 3 is 2.58 bits per heavy atom. The van der Waals surface area contributed by atoms with Gasteiger partial charge in [-0.25, -0.2) is 13.6 Å². The summed E-state index contributed by atoms with van der Waals surface area (Å²) >= 11 is 1.25. The molecule has 1 aliphatic heterocycles. The van der Waals surface area contributed by atoms with Crippen LogP contribution in [0.15, 0.2) is 47.5 Å². The number of hydrogen-bond acceptors (Lipinski definition) is 6. The van der Waals surface area contributed by atoms with Gasteiger partial charge in [0.2, 0.25) is 0 Å². The van der Waals surface area contributed by atoms with Gasteiger partial charge < -0.3 is 15.0 Å². The predicted molar refractivity (Wildman–Crippen MR) is 133 cm³/mol. The van der Waals surface area contributed by atoms with E-state index in [9.17, 15) is 14.0 Å². The number of anilines is 1. The number of hydrogen-bond donors (Lipinski definition) is 1. The highest BCUT2D eigenvalue weighted by atomic mass is 32.2. The van der Waals surface area contributed by atoms with Gasteiger partial charge in [0.15, 0.2) is 0 Å². The van der Waals surface area contributed by atoms with Gasteiger partial charge in [-0.15, -0.1) is 16.9 Å². The van der Waals surface area contributed by atoms with Gasteiger partial charge in [0.05, 0.1) is 18.4 Å². The highest BCUT2D eigenvalue weighted by molar-refractivity contribution is 7.99. The highest BCUT2D eigenvalue weighted by Crippen LogP contribution is 2.39. The number of rotatable bonds is 5. The fourth-order valence-electron chi connectivity index (χ4n) is 3.68. The van der Waals surface area contributed by atoms with E-state index in [0.717, 1.165) is 0 Å². The lowest BCUT2D eigenvalue weighted by Gasteiger charge is -2.27. The summed E-state index contributed by atoms with van der Waals surface area (Å²) in [6.07, 6.45) is 0.908. The van der Waals surface area contributed by atoms with E-state index in [-0.39, 0.29) is 17.9 Å². The van der Waals surface area contributed by atoms with Gasteiger partial charge in [0, 0.05) is 22.8 Å². The highest BCUT2D eigenvalue weighted by Gasteiger charge is 2.34. The third kappa shape index (κ3) is 5.84. The number of aryl methyl sites for hydroxylation is 1. The van der Waals surface area contributed by atoms with Crippen LogP contribution in [0, 0.1) is 11.6 Å². The zero-order valence-electron chi connectivity index (χ0n) is 20.4. The second-order valence-corrected chi connectivity index (χ2v) is 10.4. The molecule has 2 aromatic carbocycles. The molecule has 0 aliphatic carbocycles. The molecule has 0 bridgehead atoms. The Morgan fingerprint density at radius 2 is 1.94 bits per heavy atom. The number of alkyl carbamates (subject to hydrolysis) is 1. The van der Waals surface area contributed by atoms with E-state index in [0.29, 0.717) is 28.4 Å². The zero-order valence-corrected chi connectivity index (χ0v) is 21.2. The second kappa shape index (κ2) is 10.3. The topological polar surface area (TPSA) is 89.4 Å².